The molecule has 3 N–H and O–H groups in total. The Hall–Kier alpha value is -2.52. The molecule has 9 heteroatoms. The van der Waals surface area contributed by atoms with Gasteiger partial charge in [-0.05, 0) is 67.9 Å². The van der Waals surface area contributed by atoms with E-state index in [1.54, 1.807) is 23.9 Å². The number of carbonyl (C=O) groups excluding carboxylic acids is 3. The standard InChI is InChI=1S/C22H27N3O4S2/c1-30-12-11-17(23-20(26)14-29-16-8-3-2-4-9-16)21(27)24-25-22(28)19-13-15-7-5-6-10-18(15)31-19/h2-4,8-9,13,17H,5-7,10-12,14H2,1H3,(H,23,26)(H,24,27)(H,25,28). The highest BCUT2D eigenvalue weighted by atomic mass is 32.2. The number of rotatable bonds is 9. The molecule has 1 atom stereocenters. The van der Waals surface area contributed by atoms with Gasteiger partial charge in [-0.3, -0.25) is 25.2 Å². The van der Waals surface area contributed by atoms with E-state index in [0.29, 0.717) is 22.8 Å². The molecule has 3 amide bonds. The number of para-hydroxylation sites is 1. The molecule has 0 radical (unpaired) electrons. The van der Waals surface area contributed by atoms with E-state index in [9.17, 15) is 14.4 Å². The van der Waals surface area contributed by atoms with Crippen LogP contribution in [0.1, 0.15) is 39.4 Å². The van der Waals surface area contributed by atoms with E-state index >= 15 is 0 Å². The van der Waals surface area contributed by atoms with E-state index in [1.165, 1.54) is 21.8 Å². The van der Waals surface area contributed by atoms with Crippen molar-refractivity contribution < 1.29 is 19.1 Å². The van der Waals surface area contributed by atoms with E-state index in [1.807, 2.05) is 30.5 Å². The van der Waals surface area contributed by atoms with Gasteiger partial charge in [0.15, 0.2) is 6.61 Å². The zero-order valence-electron chi connectivity index (χ0n) is 17.4. The first-order chi connectivity index (χ1) is 15.1. The normalized spacial score (nSPS) is 13.6. The maximum absolute atomic E-state index is 12.6. The minimum absolute atomic E-state index is 0.194. The van der Waals surface area contributed by atoms with Crippen molar-refractivity contribution in [2.75, 3.05) is 18.6 Å². The molecule has 0 spiro atoms. The van der Waals surface area contributed by atoms with Crippen molar-refractivity contribution in [3.63, 3.8) is 0 Å². The molecule has 1 unspecified atom stereocenters. The number of nitrogens with one attached hydrogen (secondary N) is 3. The molecule has 1 aliphatic carbocycles. The van der Waals surface area contributed by atoms with Crippen molar-refractivity contribution in [3.8, 4) is 5.75 Å². The molecule has 0 saturated carbocycles. The number of hydrogen-bond acceptors (Lipinski definition) is 6. The molecule has 3 rings (SSSR count). The highest BCUT2D eigenvalue weighted by Crippen LogP contribution is 2.29. The van der Waals surface area contributed by atoms with Gasteiger partial charge in [0.2, 0.25) is 0 Å². The second-order valence-corrected chi connectivity index (χ2v) is 9.34. The zero-order chi connectivity index (χ0) is 22.1. The van der Waals surface area contributed by atoms with Crippen molar-refractivity contribution in [1.29, 1.82) is 0 Å². The molecule has 1 heterocycles. The Morgan fingerprint density at radius 3 is 2.65 bits per heavy atom. The molecule has 1 aliphatic rings. The van der Waals surface area contributed by atoms with Gasteiger partial charge in [-0.1, -0.05) is 18.2 Å². The van der Waals surface area contributed by atoms with Crippen molar-refractivity contribution >= 4 is 40.8 Å². The maximum Gasteiger partial charge on any atom is 0.279 e. The summed E-state index contributed by atoms with van der Waals surface area (Å²) in [5.41, 5.74) is 6.16. The molecule has 31 heavy (non-hydrogen) atoms. The molecule has 0 saturated heterocycles. The molecule has 0 aliphatic heterocycles. The van der Waals surface area contributed by atoms with Crippen LogP contribution in [0.25, 0.3) is 0 Å². The van der Waals surface area contributed by atoms with Gasteiger partial charge in [0, 0.05) is 4.88 Å². The zero-order valence-corrected chi connectivity index (χ0v) is 19.1. The van der Waals surface area contributed by atoms with E-state index < -0.39 is 17.9 Å². The average Bonchev–Trinajstić information content (AvgIpc) is 3.23. The van der Waals surface area contributed by atoms with Crippen LogP contribution in [0, 0.1) is 0 Å². The first-order valence-electron chi connectivity index (χ1n) is 10.2. The molecule has 2 aromatic rings. The Morgan fingerprint density at radius 2 is 1.90 bits per heavy atom. The highest BCUT2D eigenvalue weighted by Gasteiger charge is 2.22. The fourth-order valence-electron chi connectivity index (χ4n) is 3.28. The van der Waals surface area contributed by atoms with Gasteiger partial charge < -0.3 is 10.1 Å². The predicted molar refractivity (Wildman–Crippen MR) is 123 cm³/mol. The van der Waals surface area contributed by atoms with Gasteiger partial charge >= 0.3 is 0 Å². The summed E-state index contributed by atoms with van der Waals surface area (Å²) in [5, 5.41) is 2.69. The summed E-state index contributed by atoms with van der Waals surface area (Å²) in [7, 11) is 0. The van der Waals surface area contributed by atoms with Crippen LogP contribution >= 0.6 is 23.1 Å². The van der Waals surface area contributed by atoms with Crippen LogP contribution in [0.3, 0.4) is 0 Å². The molecule has 7 nitrogen and oxygen atoms in total. The summed E-state index contributed by atoms with van der Waals surface area (Å²) in [6.07, 6.45) is 6.66. The maximum atomic E-state index is 12.6. The number of hydrogen-bond donors (Lipinski definition) is 3. The average molecular weight is 462 g/mol. The van der Waals surface area contributed by atoms with E-state index in [0.717, 1.165) is 25.7 Å². The number of thiophene rings is 1. The Labute approximate surface area is 190 Å². The van der Waals surface area contributed by atoms with Gasteiger partial charge in [0.1, 0.15) is 11.8 Å². The Kier molecular flexibility index (Phi) is 8.78. The van der Waals surface area contributed by atoms with E-state index in [-0.39, 0.29) is 12.5 Å². The Morgan fingerprint density at radius 1 is 1.13 bits per heavy atom. The fraction of sp³-hybridized carbons (Fsp3) is 0.409. The smallest absolute Gasteiger partial charge is 0.279 e. The Bertz CT molecular complexity index is 878. The molecular weight excluding hydrogens is 434 g/mol. The predicted octanol–water partition coefficient (Wildman–Crippen LogP) is 2.70. The lowest BCUT2D eigenvalue weighted by molar-refractivity contribution is -0.130. The summed E-state index contributed by atoms with van der Waals surface area (Å²) in [6, 6.07) is 10.1. The van der Waals surface area contributed by atoms with Crippen molar-refractivity contribution in [3.05, 3.63) is 51.7 Å². The van der Waals surface area contributed by atoms with Gasteiger partial charge in [-0.25, -0.2) is 0 Å². The first-order valence-corrected chi connectivity index (χ1v) is 12.5. The van der Waals surface area contributed by atoms with E-state index in [4.69, 9.17) is 4.74 Å². The number of hydrazine groups is 1. The number of amides is 3. The Balaban J connectivity index is 1.50. The SMILES string of the molecule is CSCCC(NC(=O)COc1ccccc1)C(=O)NNC(=O)c1cc2c(s1)CCCC2. The van der Waals surface area contributed by atoms with Crippen LogP contribution in [0.15, 0.2) is 36.4 Å². The minimum atomic E-state index is -0.767. The summed E-state index contributed by atoms with van der Waals surface area (Å²) in [5.74, 6) is 0.0617. The molecule has 0 fully saturated rings. The second kappa shape index (κ2) is 11.8. The quantitative estimate of drug-likeness (QED) is 0.499. The number of ether oxygens (including phenoxy) is 1. The number of thioether (sulfide) groups is 1. The van der Waals surface area contributed by atoms with Gasteiger partial charge in [0.25, 0.3) is 17.7 Å². The lowest BCUT2D eigenvalue weighted by Crippen LogP contribution is -2.53. The topological polar surface area (TPSA) is 96.5 Å². The summed E-state index contributed by atoms with van der Waals surface area (Å²) in [4.78, 5) is 39.2. The third kappa shape index (κ3) is 7.00. The van der Waals surface area contributed by atoms with Gasteiger partial charge in [-0.2, -0.15) is 11.8 Å². The third-order valence-corrected chi connectivity index (χ3v) is 6.77. The lowest BCUT2D eigenvalue weighted by Gasteiger charge is -2.18. The number of fused-ring (bicyclic) bond motifs is 1. The van der Waals surface area contributed by atoms with Crippen molar-refractivity contribution in [2.45, 2.75) is 38.1 Å². The number of carbonyl (C=O) groups is 3. The van der Waals surface area contributed by atoms with Crippen molar-refractivity contribution in [1.82, 2.24) is 16.2 Å². The molecule has 1 aromatic carbocycles. The summed E-state index contributed by atoms with van der Waals surface area (Å²) >= 11 is 3.05. The largest absolute Gasteiger partial charge is 0.484 e. The minimum Gasteiger partial charge on any atom is -0.484 e. The van der Waals surface area contributed by atoms with E-state index in [2.05, 4.69) is 16.2 Å². The van der Waals surface area contributed by atoms with Crippen LogP contribution < -0.4 is 20.9 Å². The summed E-state index contributed by atoms with van der Waals surface area (Å²) in [6.45, 7) is -0.194. The van der Waals surface area contributed by atoms with Crippen LogP contribution in [-0.2, 0) is 22.4 Å². The monoisotopic (exact) mass is 461 g/mol. The summed E-state index contributed by atoms with van der Waals surface area (Å²) < 4.78 is 5.43. The molecular formula is C22H27N3O4S2. The van der Waals surface area contributed by atoms with Gasteiger partial charge in [0.05, 0.1) is 4.88 Å². The van der Waals surface area contributed by atoms with Crippen LogP contribution in [-0.4, -0.2) is 42.4 Å². The number of benzene rings is 1. The molecule has 1 aromatic heterocycles. The third-order valence-electron chi connectivity index (χ3n) is 4.90. The lowest BCUT2D eigenvalue weighted by atomic mass is 9.99. The van der Waals surface area contributed by atoms with Crippen molar-refractivity contribution in [2.24, 2.45) is 0 Å². The number of aryl methyl sites for hydroxylation is 2. The van der Waals surface area contributed by atoms with Gasteiger partial charge in [-0.15, -0.1) is 11.3 Å². The first kappa shape index (κ1) is 23.1. The highest BCUT2D eigenvalue weighted by molar-refractivity contribution is 7.98. The van der Waals surface area contributed by atoms with Crippen LogP contribution in [0.2, 0.25) is 0 Å². The molecule has 166 valence electrons. The second-order valence-electron chi connectivity index (χ2n) is 7.21. The van der Waals surface area contributed by atoms with Crippen LogP contribution in [0.5, 0.6) is 5.75 Å². The molecule has 0 bridgehead atoms. The fourth-order valence-corrected chi connectivity index (χ4v) is 4.90. The van der Waals surface area contributed by atoms with Crippen LogP contribution in [0.4, 0.5) is 0 Å².